The smallest absolute Gasteiger partial charge is 0.393 e. The topological polar surface area (TPSA) is 86.3 Å². The fraction of sp³-hybridized carbons (Fsp3) is 0.571. The van der Waals surface area contributed by atoms with E-state index in [1.165, 1.54) is 0 Å². The molecule has 1 aliphatic heterocycles. The lowest BCUT2D eigenvalue weighted by atomic mass is 10.2. The molecule has 22 heavy (non-hydrogen) atoms. The first kappa shape index (κ1) is 17.6. The summed E-state index contributed by atoms with van der Waals surface area (Å²) in [6.07, 6.45) is -1.74. The van der Waals surface area contributed by atoms with E-state index >= 15 is 0 Å². The van der Waals surface area contributed by atoms with Gasteiger partial charge in [-0.3, -0.25) is 9.05 Å². The van der Waals surface area contributed by atoms with Crippen molar-refractivity contribution in [3.05, 3.63) is 35.9 Å². The second kappa shape index (κ2) is 8.74. The maximum absolute atomic E-state index is 12.2. The van der Waals surface area contributed by atoms with Gasteiger partial charge in [0.05, 0.1) is 19.8 Å². The highest BCUT2D eigenvalue weighted by Crippen LogP contribution is 2.48. The molecule has 1 aliphatic rings. The summed E-state index contributed by atoms with van der Waals surface area (Å²) < 4.78 is 33.7. The average molecular weight is 331 g/mol. The molecule has 3 atom stereocenters. The predicted molar refractivity (Wildman–Crippen MR) is 80.2 cm³/mol. The molecule has 1 saturated heterocycles. The zero-order valence-electron chi connectivity index (χ0n) is 12.5. The molecule has 3 unspecified atom stereocenters. The fourth-order valence-corrected chi connectivity index (χ4v) is 3.36. The van der Waals surface area contributed by atoms with Gasteiger partial charge in [0, 0.05) is 13.2 Å². The third kappa shape index (κ3) is 5.14. The van der Waals surface area contributed by atoms with Crippen LogP contribution in [0.4, 0.5) is 0 Å². The predicted octanol–water partition coefficient (Wildman–Crippen LogP) is 1.67. The molecule has 0 amide bonds. The molecule has 0 spiro atoms. The quantitative estimate of drug-likeness (QED) is 0.526. The second-order valence-electron chi connectivity index (χ2n) is 4.69. The summed E-state index contributed by atoms with van der Waals surface area (Å²) in [6.45, 7) is 2.83. The Hall–Kier alpha value is -0.790. The van der Waals surface area contributed by atoms with Crippen LogP contribution in [0.3, 0.4) is 0 Å². The van der Waals surface area contributed by atoms with E-state index in [0.29, 0.717) is 19.8 Å². The molecule has 0 bridgehead atoms. The van der Waals surface area contributed by atoms with Crippen LogP contribution in [0.2, 0.25) is 0 Å². The summed E-state index contributed by atoms with van der Waals surface area (Å²) in [5.41, 5.74) is 0.957. The van der Waals surface area contributed by atoms with Crippen LogP contribution in [0.5, 0.6) is 0 Å². The van der Waals surface area contributed by atoms with Gasteiger partial charge >= 0.3 is 7.75 Å². The van der Waals surface area contributed by atoms with Crippen LogP contribution in [0.15, 0.2) is 30.3 Å². The molecule has 1 fully saturated rings. The zero-order valence-corrected chi connectivity index (χ0v) is 13.4. The van der Waals surface area contributed by atoms with Crippen molar-refractivity contribution in [1.29, 1.82) is 0 Å². The molecule has 8 heteroatoms. The molecule has 2 rings (SSSR count). The van der Waals surface area contributed by atoms with Gasteiger partial charge in [0.2, 0.25) is 0 Å². The van der Waals surface area contributed by atoms with Crippen molar-refractivity contribution in [1.82, 2.24) is 5.09 Å². The summed E-state index contributed by atoms with van der Waals surface area (Å²) >= 11 is 0. The van der Waals surface area contributed by atoms with E-state index in [9.17, 15) is 9.67 Å². The number of aliphatic hydroxyl groups excluding tert-OH is 1. The zero-order chi connectivity index (χ0) is 15.8. The minimum atomic E-state index is -3.38. The fourth-order valence-electron chi connectivity index (χ4n) is 1.96. The van der Waals surface area contributed by atoms with Crippen molar-refractivity contribution >= 4 is 7.75 Å². The number of rotatable bonds is 9. The Morgan fingerprint density at radius 1 is 1.36 bits per heavy atom. The molecule has 0 aliphatic carbocycles. The molecule has 0 aromatic heterocycles. The van der Waals surface area contributed by atoms with Gasteiger partial charge in [-0.1, -0.05) is 30.3 Å². The molecule has 1 aromatic carbocycles. The summed E-state index contributed by atoms with van der Waals surface area (Å²) in [5, 5.41) is 12.2. The van der Waals surface area contributed by atoms with E-state index in [0.717, 1.165) is 5.56 Å². The number of benzene rings is 1. The van der Waals surface area contributed by atoms with Crippen molar-refractivity contribution < 1.29 is 28.2 Å². The Bertz CT molecular complexity index is 475. The normalized spacial score (nSPS) is 24.3. The largest absolute Gasteiger partial charge is 0.408 e. The van der Waals surface area contributed by atoms with Crippen LogP contribution in [-0.2, 0) is 29.7 Å². The summed E-state index contributed by atoms with van der Waals surface area (Å²) in [5.74, 6) is 0. The highest BCUT2D eigenvalue weighted by molar-refractivity contribution is 7.51. The first-order chi connectivity index (χ1) is 10.7. The number of aliphatic hydroxyl groups is 1. The van der Waals surface area contributed by atoms with Crippen LogP contribution in [0.1, 0.15) is 12.5 Å². The molecule has 124 valence electrons. The monoisotopic (exact) mass is 331 g/mol. The number of hydrogen-bond acceptors (Lipinski definition) is 6. The van der Waals surface area contributed by atoms with Crippen LogP contribution < -0.4 is 5.09 Å². The standard InChI is InChI=1S/C14H22NO6P/c1-2-18-14(21-22(17)15-8-9-20-22)13(10-16)19-11-12-6-4-3-5-7-12/h3-7,13-14,16H,2,8-11H2,1H3,(H,15,17). The van der Waals surface area contributed by atoms with Crippen molar-refractivity contribution in [2.45, 2.75) is 25.9 Å². The van der Waals surface area contributed by atoms with Gasteiger partial charge in [0.15, 0.2) is 6.29 Å². The lowest BCUT2D eigenvalue weighted by Crippen LogP contribution is -2.37. The number of hydrogen-bond donors (Lipinski definition) is 2. The van der Waals surface area contributed by atoms with Gasteiger partial charge < -0.3 is 14.6 Å². The van der Waals surface area contributed by atoms with Gasteiger partial charge in [-0.25, -0.2) is 9.65 Å². The van der Waals surface area contributed by atoms with Crippen molar-refractivity contribution in [3.63, 3.8) is 0 Å². The van der Waals surface area contributed by atoms with Crippen LogP contribution in [-0.4, -0.2) is 43.9 Å². The molecular formula is C14H22NO6P. The number of nitrogens with one attached hydrogen (secondary N) is 1. The lowest BCUT2D eigenvalue weighted by Gasteiger charge is -2.27. The van der Waals surface area contributed by atoms with E-state index in [1.54, 1.807) is 6.92 Å². The average Bonchev–Trinajstić information content (AvgIpc) is 2.95. The van der Waals surface area contributed by atoms with E-state index in [-0.39, 0.29) is 13.2 Å². The highest BCUT2D eigenvalue weighted by atomic mass is 31.2. The minimum Gasteiger partial charge on any atom is -0.393 e. The third-order valence-electron chi connectivity index (χ3n) is 3.03. The summed E-state index contributed by atoms with van der Waals surface area (Å²) in [6, 6.07) is 9.53. The van der Waals surface area contributed by atoms with Gasteiger partial charge in [0.25, 0.3) is 0 Å². The van der Waals surface area contributed by atoms with Crippen molar-refractivity contribution in [3.8, 4) is 0 Å². The lowest BCUT2D eigenvalue weighted by molar-refractivity contribution is -0.179. The Morgan fingerprint density at radius 2 is 2.14 bits per heavy atom. The Morgan fingerprint density at radius 3 is 2.73 bits per heavy atom. The molecule has 1 aromatic rings. The van der Waals surface area contributed by atoms with Gasteiger partial charge in [-0.2, -0.15) is 0 Å². The van der Waals surface area contributed by atoms with E-state index in [1.807, 2.05) is 30.3 Å². The van der Waals surface area contributed by atoms with Gasteiger partial charge in [-0.15, -0.1) is 0 Å². The first-order valence-corrected chi connectivity index (χ1v) is 8.77. The Labute approximate surface area is 130 Å². The Balaban J connectivity index is 1.95. The molecule has 0 saturated carbocycles. The van der Waals surface area contributed by atoms with Crippen LogP contribution in [0.25, 0.3) is 0 Å². The molecule has 1 heterocycles. The van der Waals surface area contributed by atoms with E-state index < -0.39 is 20.1 Å². The van der Waals surface area contributed by atoms with Gasteiger partial charge in [0.1, 0.15) is 6.10 Å². The first-order valence-electron chi connectivity index (χ1n) is 7.23. The van der Waals surface area contributed by atoms with E-state index in [4.69, 9.17) is 18.5 Å². The maximum Gasteiger partial charge on any atom is 0.408 e. The van der Waals surface area contributed by atoms with Crippen LogP contribution in [0, 0.1) is 0 Å². The minimum absolute atomic E-state index is 0.289. The summed E-state index contributed by atoms with van der Waals surface area (Å²) in [4.78, 5) is 0. The van der Waals surface area contributed by atoms with Crippen molar-refractivity contribution in [2.24, 2.45) is 0 Å². The molecule has 7 nitrogen and oxygen atoms in total. The Kier molecular flexibility index (Phi) is 6.98. The second-order valence-corrected chi connectivity index (χ2v) is 6.47. The highest BCUT2D eigenvalue weighted by Gasteiger charge is 2.36. The maximum atomic E-state index is 12.2. The molecule has 0 radical (unpaired) electrons. The van der Waals surface area contributed by atoms with Crippen molar-refractivity contribution in [2.75, 3.05) is 26.4 Å². The van der Waals surface area contributed by atoms with E-state index in [2.05, 4.69) is 5.09 Å². The third-order valence-corrected chi connectivity index (χ3v) is 4.65. The SMILES string of the molecule is CCOC(OP1(=O)NCCO1)C(CO)OCc1ccccc1. The summed E-state index contributed by atoms with van der Waals surface area (Å²) in [7, 11) is -3.38. The molecule has 2 N–H and O–H groups in total. The van der Waals surface area contributed by atoms with Crippen LogP contribution >= 0.6 is 7.75 Å². The number of ether oxygens (including phenoxy) is 2. The van der Waals surface area contributed by atoms with Gasteiger partial charge in [-0.05, 0) is 12.5 Å². The molecular weight excluding hydrogens is 309 g/mol.